The first-order valence-corrected chi connectivity index (χ1v) is 11.2. The first-order chi connectivity index (χ1) is 15.0. The molecule has 0 atom stereocenters. The van der Waals surface area contributed by atoms with Crippen molar-refractivity contribution < 1.29 is 14.3 Å². The summed E-state index contributed by atoms with van der Waals surface area (Å²) < 4.78 is 5.47. The summed E-state index contributed by atoms with van der Waals surface area (Å²) in [7, 11) is 0. The fourth-order valence-electron chi connectivity index (χ4n) is 3.50. The zero-order valence-electron chi connectivity index (χ0n) is 17.8. The first-order valence-electron chi connectivity index (χ1n) is 10.4. The number of nitrogens with zero attached hydrogens (tertiary/aromatic N) is 3. The molecule has 0 aliphatic carbocycles. The van der Waals surface area contributed by atoms with Gasteiger partial charge >= 0.3 is 0 Å². The first kappa shape index (κ1) is 22.5. The monoisotopic (exact) mass is 438 g/mol. The number of anilines is 1. The number of carbonyl (C=O) groups is 2. The molecule has 162 valence electrons. The van der Waals surface area contributed by atoms with Crippen LogP contribution in [-0.2, 0) is 33.7 Å². The second-order valence-electron chi connectivity index (χ2n) is 7.12. The lowest BCUT2D eigenvalue weighted by molar-refractivity contribution is -0.131. The Bertz CT molecular complexity index is 1010. The van der Waals surface area contributed by atoms with Crippen molar-refractivity contribution in [2.24, 2.45) is 0 Å². The Labute approximate surface area is 186 Å². The Morgan fingerprint density at radius 1 is 1.39 bits per heavy atom. The van der Waals surface area contributed by atoms with E-state index in [2.05, 4.69) is 16.4 Å². The van der Waals surface area contributed by atoms with Crippen LogP contribution in [0.4, 0.5) is 5.00 Å². The van der Waals surface area contributed by atoms with Gasteiger partial charge in [-0.25, -0.2) is 0 Å². The molecule has 0 aromatic carbocycles. The van der Waals surface area contributed by atoms with E-state index in [4.69, 9.17) is 4.74 Å². The lowest BCUT2D eigenvalue weighted by Gasteiger charge is -2.27. The van der Waals surface area contributed by atoms with E-state index in [9.17, 15) is 14.9 Å². The van der Waals surface area contributed by atoms with Crippen LogP contribution in [0.1, 0.15) is 48.4 Å². The Kier molecular flexibility index (Phi) is 7.79. The summed E-state index contributed by atoms with van der Waals surface area (Å²) in [6.07, 6.45) is 5.19. The second-order valence-corrected chi connectivity index (χ2v) is 8.22. The molecule has 7 nitrogen and oxygen atoms in total. The molecule has 0 saturated carbocycles. The minimum Gasteiger partial charge on any atom is -0.499 e. The van der Waals surface area contributed by atoms with Crippen LogP contribution in [0, 0.1) is 11.3 Å². The molecule has 0 spiro atoms. The van der Waals surface area contributed by atoms with Crippen molar-refractivity contribution in [2.75, 3.05) is 18.5 Å². The number of nitriles is 1. The van der Waals surface area contributed by atoms with Gasteiger partial charge in [-0.05, 0) is 44.0 Å². The maximum absolute atomic E-state index is 12.7. The molecule has 1 aliphatic heterocycles. The van der Waals surface area contributed by atoms with Crippen LogP contribution < -0.4 is 5.32 Å². The van der Waals surface area contributed by atoms with Crippen molar-refractivity contribution in [2.45, 2.75) is 46.1 Å². The Morgan fingerprint density at radius 2 is 2.23 bits per heavy atom. The van der Waals surface area contributed by atoms with Gasteiger partial charge in [-0.15, -0.1) is 11.3 Å². The summed E-state index contributed by atoms with van der Waals surface area (Å²) in [4.78, 5) is 32.1. The number of fused-ring (bicyclic) bond motifs is 1. The zero-order valence-corrected chi connectivity index (χ0v) is 18.6. The van der Waals surface area contributed by atoms with E-state index < -0.39 is 0 Å². The molecule has 1 N–H and O–H groups in total. The van der Waals surface area contributed by atoms with Gasteiger partial charge in [0.2, 0.25) is 11.8 Å². The van der Waals surface area contributed by atoms with Gasteiger partial charge in [-0.2, -0.15) is 5.26 Å². The van der Waals surface area contributed by atoms with E-state index in [-0.39, 0.29) is 24.7 Å². The zero-order chi connectivity index (χ0) is 22.2. The number of thiophene rings is 1. The normalized spacial score (nSPS) is 13.3. The minimum atomic E-state index is -0.155. The number of carbonyl (C=O) groups excluding carboxylic acids is 2. The third kappa shape index (κ3) is 5.70. The van der Waals surface area contributed by atoms with Gasteiger partial charge in [0.1, 0.15) is 11.1 Å². The van der Waals surface area contributed by atoms with Crippen molar-refractivity contribution in [3.63, 3.8) is 0 Å². The second kappa shape index (κ2) is 10.7. The van der Waals surface area contributed by atoms with E-state index in [1.54, 1.807) is 11.1 Å². The van der Waals surface area contributed by atoms with Gasteiger partial charge in [0.05, 0.1) is 30.9 Å². The summed E-state index contributed by atoms with van der Waals surface area (Å²) in [6, 6.07) is 7.76. The highest BCUT2D eigenvalue weighted by molar-refractivity contribution is 7.16. The van der Waals surface area contributed by atoms with Crippen LogP contribution >= 0.6 is 11.3 Å². The van der Waals surface area contributed by atoms with Crippen LogP contribution in [0.3, 0.4) is 0 Å². The molecule has 0 saturated heterocycles. The van der Waals surface area contributed by atoms with Gasteiger partial charge in [-0.3, -0.25) is 14.6 Å². The van der Waals surface area contributed by atoms with E-state index in [0.717, 1.165) is 21.9 Å². The third-order valence-corrected chi connectivity index (χ3v) is 6.22. The van der Waals surface area contributed by atoms with Crippen molar-refractivity contribution in [3.8, 4) is 6.07 Å². The SMILES string of the molecule is C/C=C(/CCC(=O)Nc1sc2c(c1C#N)CCN(C(=O)Cc1ccccn1)C2)OCC. The summed E-state index contributed by atoms with van der Waals surface area (Å²) in [5, 5.41) is 13.1. The van der Waals surface area contributed by atoms with Gasteiger partial charge in [0, 0.05) is 36.2 Å². The van der Waals surface area contributed by atoms with E-state index in [1.807, 2.05) is 38.1 Å². The van der Waals surface area contributed by atoms with E-state index in [1.165, 1.54) is 11.3 Å². The minimum absolute atomic E-state index is 0.0108. The molecule has 0 fully saturated rings. The summed E-state index contributed by atoms with van der Waals surface area (Å²) in [5.74, 6) is 0.638. The summed E-state index contributed by atoms with van der Waals surface area (Å²) >= 11 is 1.38. The van der Waals surface area contributed by atoms with Crippen molar-refractivity contribution >= 4 is 28.2 Å². The van der Waals surface area contributed by atoms with Gasteiger partial charge in [0.15, 0.2) is 0 Å². The predicted octanol–water partition coefficient (Wildman–Crippen LogP) is 3.80. The molecule has 0 radical (unpaired) electrons. The fraction of sp³-hybridized carbons (Fsp3) is 0.391. The number of hydrogen-bond acceptors (Lipinski definition) is 6. The standard InChI is InChI=1S/C23H26N4O3S/c1-3-17(30-4-2)8-9-21(28)26-23-19(14-24)18-10-12-27(15-20(18)31-23)22(29)13-16-7-5-6-11-25-16/h3,5-7,11H,4,8-10,12-13,15H2,1-2H3,(H,26,28)/b17-3-. The average Bonchev–Trinajstić information content (AvgIpc) is 3.13. The molecule has 2 aromatic heterocycles. The smallest absolute Gasteiger partial charge is 0.228 e. The van der Waals surface area contributed by atoms with Crippen LogP contribution in [-0.4, -0.2) is 34.8 Å². The molecule has 2 aromatic rings. The van der Waals surface area contributed by atoms with E-state index in [0.29, 0.717) is 43.1 Å². The quantitative estimate of drug-likeness (QED) is 0.633. The number of amides is 2. The number of ether oxygens (including phenoxy) is 1. The van der Waals surface area contributed by atoms with Crippen LogP contribution in [0.2, 0.25) is 0 Å². The topological polar surface area (TPSA) is 95.3 Å². The Balaban J connectivity index is 1.65. The molecule has 3 heterocycles. The van der Waals surface area contributed by atoms with Crippen LogP contribution in [0.15, 0.2) is 36.2 Å². The van der Waals surface area contributed by atoms with Crippen LogP contribution in [0.25, 0.3) is 0 Å². The number of rotatable bonds is 8. The van der Waals surface area contributed by atoms with Crippen LogP contribution in [0.5, 0.6) is 0 Å². The molecular formula is C23H26N4O3S. The molecule has 3 rings (SSSR count). The highest BCUT2D eigenvalue weighted by Crippen LogP contribution is 2.37. The summed E-state index contributed by atoms with van der Waals surface area (Å²) in [5.41, 5.74) is 2.19. The number of hydrogen-bond donors (Lipinski definition) is 1. The Hall–Kier alpha value is -3.18. The number of pyridine rings is 1. The van der Waals surface area contributed by atoms with Gasteiger partial charge in [0.25, 0.3) is 0 Å². The maximum atomic E-state index is 12.7. The van der Waals surface area contributed by atoms with Crippen molar-refractivity contribution in [1.29, 1.82) is 5.26 Å². The highest BCUT2D eigenvalue weighted by Gasteiger charge is 2.27. The number of nitrogens with one attached hydrogen (secondary N) is 1. The van der Waals surface area contributed by atoms with Crippen molar-refractivity contribution in [1.82, 2.24) is 9.88 Å². The predicted molar refractivity (Wildman–Crippen MR) is 119 cm³/mol. The molecule has 2 amide bonds. The fourth-order valence-corrected chi connectivity index (χ4v) is 4.73. The lowest BCUT2D eigenvalue weighted by atomic mass is 10.0. The number of allylic oxidation sites excluding steroid dienone is 2. The van der Waals surface area contributed by atoms with Gasteiger partial charge in [-0.1, -0.05) is 6.07 Å². The molecule has 0 unspecified atom stereocenters. The average molecular weight is 439 g/mol. The summed E-state index contributed by atoms with van der Waals surface area (Å²) in [6.45, 7) is 5.35. The van der Waals surface area contributed by atoms with E-state index >= 15 is 0 Å². The molecule has 1 aliphatic rings. The number of aromatic nitrogens is 1. The highest BCUT2D eigenvalue weighted by atomic mass is 32.1. The molecule has 31 heavy (non-hydrogen) atoms. The molecule has 8 heteroatoms. The largest absolute Gasteiger partial charge is 0.499 e. The van der Waals surface area contributed by atoms with Gasteiger partial charge < -0.3 is 15.0 Å². The van der Waals surface area contributed by atoms with Crippen molar-refractivity contribution in [3.05, 3.63) is 57.9 Å². The molecule has 0 bridgehead atoms. The molecular weight excluding hydrogens is 412 g/mol. The lowest BCUT2D eigenvalue weighted by Crippen LogP contribution is -2.36. The maximum Gasteiger partial charge on any atom is 0.228 e. The Morgan fingerprint density at radius 3 is 2.90 bits per heavy atom. The third-order valence-electron chi connectivity index (χ3n) is 5.08.